The second-order valence-electron chi connectivity index (χ2n) is 17.9. The van der Waals surface area contributed by atoms with E-state index in [1.807, 2.05) is 14.2 Å². The van der Waals surface area contributed by atoms with Gasteiger partial charge in [-0.25, -0.2) is 0 Å². The van der Waals surface area contributed by atoms with Crippen molar-refractivity contribution in [3.63, 3.8) is 0 Å². The van der Waals surface area contributed by atoms with Crippen molar-refractivity contribution in [3.8, 4) is 0 Å². The molecule has 1 saturated heterocycles. The zero-order chi connectivity index (χ0) is 32.7. The Balaban J connectivity index is 1.54. The van der Waals surface area contributed by atoms with E-state index >= 15 is 0 Å². The van der Waals surface area contributed by atoms with E-state index in [1.165, 1.54) is 0 Å². The lowest BCUT2D eigenvalue weighted by atomic mass is 9.34. The molecule has 0 spiro atoms. The molecule has 6 nitrogen and oxygen atoms in total. The van der Waals surface area contributed by atoms with Crippen molar-refractivity contribution >= 4 is 5.97 Å². The third kappa shape index (κ3) is 4.57. The fourth-order valence-corrected chi connectivity index (χ4v) is 11.9. The highest BCUT2D eigenvalue weighted by molar-refractivity contribution is 5.73. The van der Waals surface area contributed by atoms with Crippen LogP contribution in [-0.2, 0) is 19.0 Å². The van der Waals surface area contributed by atoms with Gasteiger partial charge in [-0.15, -0.1) is 0 Å². The number of rotatable bonds is 9. The minimum atomic E-state index is -0.599. The molecule has 4 aliphatic carbocycles. The Morgan fingerprint density at radius 2 is 1.77 bits per heavy atom. The molecular weight excluding hydrogens is 550 g/mol. The number of carboxylic acids is 1. The highest BCUT2D eigenvalue weighted by Crippen LogP contribution is 2.75. The molecule has 3 saturated carbocycles. The van der Waals surface area contributed by atoms with Crippen LogP contribution in [0.25, 0.3) is 0 Å². The Morgan fingerprint density at radius 3 is 2.34 bits per heavy atom. The Hall–Kier alpha value is -0.950. The zero-order valence-corrected chi connectivity index (χ0v) is 30.1. The molecule has 44 heavy (non-hydrogen) atoms. The maximum absolute atomic E-state index is 13.3. The normalized spacial score (nSPS) is 47.2. The molecule has 2 bridgehead atoms. The number of nitrogens with one attached hydrogen (secondary N) is 1. The summed E-state index contributed by atoms with van der Waals surface area (Å²) in [5.74, 6) is 1.08. The van der Waals surface area contributed by atoms with E-state index < -0.39 is 5.97 Å². The van der Waals surface area contributed by atoms with Crippen LogP contribution >= 0.6 is 0 Å². The predicted octanol–water partition coefficient (Wildman–Crippen LogP) is 7.61. The van der Waals surface area contributed by atoms with Crippen LogP contribution in [0, 0.1) is 62.6 Å². The molecule has 2 N–H and O–H groups in total. The van der Waals surface area contributed by atoms with E-state index in [1.54, 1.807) is 5.57 Å². The van der Waals surface area contributed by atoms with Crippen LogP contribution < -0.4 is 5.32 Å². The summed E-state index contributed by atoms with van der Waals surface area (Å²) in [6.07, 6.45) is 8.52. The molecule has 252 valence electrons. The number of hydrogen-bond acceptors (Lipinski definition) is 5. The van der Waals surface area contributed by atoms with Gasteiger partial charge in [0.25, 0.3) is 0 Å². The number of fused-ring (bicyclic) bond motifs is 3. The molecule has 1 aliphatic heterocycles. The molecular formula is C38H65NO5. The van der Waals surface area contributed by atoms with E-state index in [0.717, 1.165) is 45.1 Å². The van der Waals surface area contributed by atoms with Crippen molar-refractivity contribution in [2.24, 2.45) is 62.6 Å². The van der Waals surface area contributed by atoms with Gasteiger partial charge < -0.3 is 24.6 Å². The fraction of sp³-hybridized carbons (Fsp3) is 0.921. The van der Waals surface area contributed by atoms with Crippen molar-refractivity contribution in [3.05, 3.63) is 11.6 Å². The first-order valence-corrected chi connectivity index (χ1v) is 17.8. The summed E-state index contributed by atoms with van der Waals surface area (Å²) < 4.78 is 19.9. The van der Waals surface area contributed by atoms with E-state index in [9.17, 15) is 9.90 Å². The average Bonchev–Trinajstić information content (AvgIpc) is 2.95. The smallest absolute Gasteiger partial charge is 0.307 e. The molecule has 6 heteroatoms. The lowest BCUT2D eigenvalue weighted by Gasteiger charge is -2.71. The van der Waals surface area contributed by atoms with Gasteiger partial charge in [-0.1, -0.05) is 74.0 Å². The standard InChI is InChI=1S/C38H65NO5/c1-23(2)25(5)33(6)17-18-35(8)26-13-14-29-34(7)20-43-22-38(29,27(26)15-16-36(35,9)30(33)32(40)41)19-28(42-12)31(34)44-21-37(10,39-11)24(3)4/h15,23-26,28-31,39H,13-14,16-22H2,1-12H3,(H,40,41)/t25-,26+,28-,29+,30-,31+,33-,34?,35-,36+,37+,38+/m1/s1. The van der Waals surface area contributed by atoms with Gasteiger partial charge in [-0.2, -0.15) is 0 Å². The molecule has 5 rings (SSSR count). The molecule has 5 aliphatic rings. The van der Waals surface area contributed by atoms with Crippen molar-refractivity contribution in [1.82, 2.24) is 5.32 Å². The van der Waals surface area contributed by atoms with Gasteiger partial charge in [0.2, 0.25) is 0 Å². The van der Waals surface area contributed by atoms with E-state index in [4.69, 9.17) is 14.2 Å². The van der Waals surface area contributed by atoms with Crippen LogP contribution in [0.1, 0.15) is 108 Å². The molecule has 1 unspecified atom stereocenters. The number of carbonyl (C=O) groups is 1. The number of ether oxygens (including phenoxy) is 3. The number of aliphatic carboxylic acids is 1. The molecule has 0 radical (unpaired) electrons. The van der Waals surface area contributed by atoms with Gasteiger partial charge in [-0.05, 0) is 98.3 Å². The number of likely N-dealkylation sites (N-methyl/N-ethyl adjacent to an activating group) is 1. The monoisotopic (exact) mass is 615 g/mol. The molecule has 0 aromatic heterocycles. The summed E-state index contributed by atoms with van der Waals surface area (Å²) >= 11 is 0. The van der Waals surface area contributed by atoms with Crippen molar-refractivity contribution in [2.75, 3.05) is 34.0 Å². The van der Waals surface area contributed by atoms with Crippen LogP contribution in [0.4, 0.5) is 0 Å². The lowest BCUT2D eigenvalue weighted by molar-refractivity contribution is -0.270. The lowest BCUT2D eigenvalue weighted by Crippen LogP contribution is -2.70. The molecule has 0 amide bonds. The van der Waals surface area contributed by atoms with Gasteiger partial charge in [0.1, 0.15) is 0 Å². The molecule has 0 aromatic carbocycles. The summed E-state index contributed by atoms with van der Waals surface area (Å²) in [5.41, 5.74) is 0.591. The summed E-state index contributed by atoms with van der Waals surface area (Å²) in [5, 5.41) is 14.5. The van der Waals surface area contributed by atoms with Crippen LogP contribution in [0.15, 0.2) is 11.6 Å². The topological polar surface area (TPSA) is 77.0 Å². The highest BCUT2D eigenvalue weighted by Gasteiger charge is 2.71. The summed E-state index contributed by atoms with van der Waals surface area (Å²) in [4.78, 5) is 13.3. The van der Waals surface area contributed by atoms with Gasteiger partial charge in [0.05, 0.1) is 37.9 Å². The molecule has 1 heterocycles. The first kappa shape index (κ1) is 34.4. The fourth-order valence-electron chi connectivity index (χ4n) is 11.9. The Labute approximate surface area is 268 Å². The van der Waals surface area contributed by atoms with Gasteiger partial charge in [0.15, 0.2) is 0 Å². The van der Waals surface area contributed by atoms with Crippen LogP contribution in [0.5, 0.6) is 0 Å². The van der Waals surface area contributed by atoms with E-state index in [2.05, 4.69) is 80.6 Å². The maximum Gasteiger partial charge on any atom is 0.307 e. The van der Waals surface area contributed by atoms with Gasteiger partial charge in [-0.3, -0.25) is 4.79 Å². The molecule has 12 atom stereocenters. The number of hydrogen-bond donors (Lipinski definition) is 2. The van der Waals surface area contributed by atoms with Crippen molar-refractivity contribution < 1.29 is 24.1 Å². The maximum atomic E-state index is 13.3. The predicted molar refractivity (Wildman–Crippen MR) is 176 cm³/mol. The number of carboxylic acid groups (broad SMARTS) is 1. The van der Waals surface area contributed by atoms with Crippen molar-refractivity contribution in [2.45, 2.75) is 126 Å². The first-order chi connectivity index (χ1) is 20.4. The van der Waals surface area contributed by atoms with Gasteiger partial charge in [0, 0.05) is 23.5 Å². The third-order valence-corrected chi connectivity index (χ3v) is 15.8. The van der Waals surface area contributed by atoms with Crippen LogP contribution in [-0.4, -0.2) is 62.8 Å². The minimum absolute atomic E-state index is 0.0116. The highest BCUT2D eigenvalue weighted by atomic mass is 16.5. The average molecular weight is 616 g/mol. The van der Waals surface area contributed by atoms with E-state index in [0.29, 0.717) is 42.8 Å². The largest absolute Gasteiger partial charge is 0.481 e. The van der Waals surface area contributed by atoms with Crippen LogP contribution in [0.2, 0.25) is 0 Å². The second-order valence-corrected chi connectivity index (χ2v) is 17.9. The zero-order valence-electron chi connectivity index (χ0n) is 30.1. The van der Waals surface area contributed by atoms with E-state index in [-0.39, 0.29) is 50.7 Å². The quantitative estimate of drug-likeness (QED) is 0.260. The number of methoxy groups -OCH3 is 1. The van der Waals surface area contributed by atoms with Crippen molar-refractivity contribution in [1.29, 1.82) is 0 Å². The molecule has 0 aromatic rings. The molecule has 4 fully saturated rings. The second kappa shape index (κ2) is 11.3. The summed E-state index contributed by atoms with van der Waals surface area (Å²) in [6.45, 7) is 25.1. The summed E-state index contributed by atoms with van der Waals surface area (Å²) in [7, 11) is 3.90. The SMILES string of the molecule is CN[C@@](C)(CO[C@H]1[C@H](OC)C[C@@]23COCC1(C)[C@@H]2CC[C@H]1C3=CC[C@@]2(C)[C@H](C(=O)O)[C@@](C)([C@H](C)C(C)C)CC[C@]12C)C(C)C. The van der Waals surface area contributed by atoms with Crippen LogP contribution in [0.3, 0.4) is 0 Å². The summed E-state index contributed by atoms with van der Waals surface area (Å²) in [6, 6.07) is 0. The first-order valence-electron chi connectivity index (χ1n) is 17.8. The Kier molecular flexibility index (Phi) is 8.86. The third-order valence-electron chi connectivity index (χ3n) is 15.8. The Bertz CT molecular complexity index is 1140. The Morgan fingerprint density at radius 1 is 1.09 bits per heavy atom. The number of allylic oxidation sites excluding steroid dienone is 1. The van der Waals surface area contributed by atoms with Gasteiger partial charge >= 0.3 is 5.97 Å². The minimum Gasteiger partial charge on any atom is -0.481 e.